The van der Waals surface area contributed by atoms with Crippen LogP contribution in [0.15, 0.2) is 29.2 Å². The zero-order valence-corrected chi connectivity index (χ0v) is 12.1. The molecule has 0 amide bonds. The molecule has 2 fully saturated rings. The number of aliphatic hydroxyl groups excluding tert-OH is 2. The summed E-state index contributed by atoms with van der Waals surface area (Å²) in [6.07, 6.45) is -5.31. The van der Waals surface area contributed by atoms with Crippen molar-refractivity contribution in [2.45, 2.75) is 42.5 Å². The predicted octanol–water partition coefficient (Wildman–Crippen LogP) is -0.454. The second kappa shape index (κ2) is 5.31. The van der Waals surface area contributed by atoms with Gasteiger partial charge < -0.3 is 19.7 Å². The van der Waals surface area contributed by atoms with E-state index in [0.29, 0.717) is 0 Å². The second-order valence-electron chi connectivity index (χ2n) is 5.19. The first kappa shape index (κ1) is 14.9. The van der Waals surface area contributed by atoms with Gasteiger partial charge in [-0.15, -0.1) is 0 Å². The summed E-state index contributed by atoms with van der Waals surface area (Å²) in [6.45, 7) is 1.77. The smallest absolute Gasteiger partial charge is 0.297 e. The Hall–Kier alpha value is -1.03. The summed E-state index contributed by atoms with van der Waals surface area (Å²) in [7, 11) is -3.99. The van der Waals surface area contributed by atoms with Crippen LogP contribution in [-0.2, 0) is 23.8 Å². The molecule has 3 rings (SSSR count). The highest BCUT2D eigenvalue weighted by molar-refractivity contribution is 7.86. The van der Waals surface area contributed by atoms with E-state index in [4.69, 9.17) is 13.7 Å². The molecular formula is C13H16O7S. The average Bonchev–Trinajstić information content (AvgIpc) is 2.68. The van der Waals surface area contributed by atoms with Crippen molar-refractivity contribution in [3.63, 3.8) is 0 Å². The summed E-state index contributed by atoms with van der Waals surface area (Å²) < 4.78 is 39.9. The van der Waals surface area contributed by atoms with Crippen molar-refractivity contribution in [1.82, 2.24) is 0 Å². The standard InChI is InChI=1S/C13H16O7S/c1-7-2-4-8(5-3-7)21(16,17)20-9-6-18-13-11(15)10(14)12(9)19-13/h2-5,9-15H,6H2,1H3/t9-,10+,11+,12+,13-/m1/s1. The molecule has 2 aliphatic heterocycles. The van der Waals surface area contributed by atoms with Crippen molar-refractivity contribution in [2.75, 3.05) is 6.61 Å². The van der Waals surface area contributed by atoms with Crippen molar-refractivity contribution in [2.24, 2.45) is 0 Å². The summed E-state index contributed by atoms with van der Waals surface area (Å²) in [5.74, 6) is 0. The molecule has 8 heteroatoms. The quantitative estimate of drug-likeness (QED) is 0.728. The van der Waals surface area contributed by atoms with Crippen LogP contribution in [0.5, 0.6) is 0 Å². The van der Waals surface area contributed by atoms with E-state index in [1.54, 1.807) is 12.1 Å². The topological polar surface area (TPSA) is 102 Å². The second-order valence-corrected chi connectivity index (χ2v) is 6.76. The van der Waals surface area contributed by atoms with Gasteiger partial charge in [-0.25, -0.2) is 0 Å². The van der Waals surface area contributed by atoms with Crippen molar-refractivity contribution >= 4 is 10.1 Å². The lowest BCUT2D eigenvalue weighted by molar-refractivity contribution is -0.228. The number of rotatable bonds is 3. The first-order valence-electron chi connectivity index (χ1n) is 6.51. The van der Waals surface area contributed by atoms with Gasteiger partial charge in [0.05, 0.1) is 11.5 Å². The Labute approximate surface area is 122 Å². The van der Waals surface area contributed by atoms with E-state index in [1.165, 1.54) is 12.1 Å². The lowest BCUT2D eigenvalue weighted by Gasteiger charge is -2.28. The Morgan fingerprint density at radius 2 is 1.86 bits per heavy atom. The predicted molar refractivity (Wildman–Crippen MR) is 69.9 cm³/mol. The Bertz CT molecular complexity index is 612. The molecule has 0 unspecified atom stereocenters. The summed E-state index contributed by atoms with van der Waals surface area (Å²) in [4.78, 5) is 0.0169. The summed E-state index contributed by atoms with van der Waals surface area (Å²) in [5.41, 5.74) is 0.926. The normalized spacial score (nSPS) is 35.9. The van der Waals surface area contributed by atoms with Gasteiger partial charge in [-0.05, 0) is 19.1 Å². The lowest BCUT2D eigenvalue weighted by atomic mass is 10.1. The van der Waals surface area contributed by atoms with Gasteiger partial charge >= 0.3 is 0 Å². The van der Waals surface area contributed by atoms with E-state index in [0.717, 1.165) is 5.56 Å². The maximum absolute atomic E-state index is 12.2. The minimum atomic E-state index is -3.99. The molecule has 0 saturated carbocycles. The van der Waals surface area contributed by atoms with Gasteiger partial charge in [0.2, 0.25) is 0 Å². The Morgan fingerprint density at radius 1 is 1.19 bits per heavy atom. The number of hydrogen-bond donors (Lipinski definition) is 2. The Balaban J connectivity index is 1.78. The first-order chi connectivity index (χ1) is 9.88. The van der Waals surface area contributed by atoms with Gasteiger partial charge in [0.15, 0.2) is 6.29 Å². The number of benzene rings is 1. The monoisotopic (exact) mass is 316 g/mol. The van der Waals surface area contributed by atoms with E-state index in [1.807, 2.05) is 6.92 Å². The van der Waals surface area contributed by atoms with Gasteiger partial charge in [0.25, 0.3) is 10.1 Å². The molecule has 1 aromatic carbocycles. The first-order valence-corrected chi connectivity index (χ1v) is 7.92. The molecule has 2 aliphatic rings. The highest BCUT2D eigenvalue weighted by Gasteiger charge is 2.52. The summed E-state index contributed by atoms with van der Waals surface area (Å²) in [5, 5.41) is 19.4. The molecule has 2 heterocycles. The van der Waals surface area contributed by atoms with Crippen molar-refractivity contribution in [1.29, 1.82) is 0 Å². The fourth-order valence-corrected chi connectivity index (χ4v) is 3.48. The van der Waals surface area contributed by atoms with Crippen LogP contribution in [-0.4, -0.2) is 55.9 Å². The van der Waals surface area contributed by atoms with Crippen LogP contribution in [0, 0.1) is 6.92 Å². The fourth-order valence-electron chi connectivity index (χ4n) is 2.41. The largest absolute Gasteiger partial charge is 0.387 e. The van der Waals surface area contributed by atoms with E-state index in [-0.39, 0.29) is 11.5 Å². The number of ether oxygens (including phenoxy) is 2. The van der Waals surface area contributed by atoms with Crippen LogP contribution >= 0.6 is 0 Å². The molecular weight excluding hydrogens is 300 g/mol. The maximum atomic E-state index is 12.2. The molecule has 116 valence electrons. The van der Waals surface area contributed by atoms with E-state index in [9.17, 15) is 18.6 Å². The SMILES string of the molecule is Cc1ccc(S(=O)(=O)O[C@@H]2CO[C@@H]3O[C@@H]2[C@@H](O)[C@@H]3O)cc1. The highest BCUT2D eigenvalue weighted by atomic mass is 32.2. The van der Waals surface area contributed by atoms with Crippen molar-refractivity contribution < 1.29 is 32.3 Å². The molecule has 2 bridgehead atoms. The zero-order valence-electron chi connectivity index (χ0n) is 11.2. The molecule has 0 aromatic heterocycles. The third-order valence-corrected chi connectivity index (χ3v) is 4.96. The molecule has 2 saturated heterocycles. The molecule has 0 aliphatic carbocycles. The van der Waals surface area contributed by atoms with E-state index >= 15 is 0 Å². The van der Waals surface area contributed by atoms with Gasteiger partial charge in [0.1, 0.15) is 24.4 Å². The highest BCUT2D eigenvalue weighted by Crippen LogP contribution is 2.32. The van der Waals surface area contributed by atoms with E-state index < -0.39 is 40.8 Å². The minimum absolute atomic E-state index is 0.0169. The van der Waals surface area contributed by atoms with Crippen LogP contribution in [0.1, 0.15) is 5.56 Å². The maximum Gasteiger partial charge on any atom is 0.297 e. The Morgan fingerprint density at radius 3 is 2.52 bits per heavy atom. The van der Waals surface area contributed by atoms with Crippen LogP contribution in [0.4, 0.5) is 0 Å². The van der Waals surface area contributed by atoms with Crippen molar-refractivity contribution in [3.8, 4) is 0 Å². The fraction of sp³-hybridized carbons (Fsp3) is 0.538. The molecule has 5 atom stereocenters. The average molecular weight is 316 g/mol. The molecule has 7 nitrogen and oxygen atoms in total. The van der Waals surface area contributed by atoms with Gasteiger partial charge in [-0.3, -0.25) is 4.18 Å². The number of aryl methyl sites for hydroxylation is 1. The third-order valence-electron chi connectivity index (χ3n) is 3.61. The van der Waals surface area contributed by atoms with E-state index in [2.05, 4.69) is 0 Å². The molecule has 2 N–H and O–H groups in total. The van der Waals surface area contributed by atoms with Crippen LogP contribution in [0.3, 0.4) is 0 Å². The summed E-state index contributed by atoms with van der Waals surface area (Å²) >= 11 is 0. The van der Waals surface area contributed by atoms with Gasteiger partial charge in [-0.2, -0.15) is 8.42 Å². The molecule has 21 heavy (non-hydrogen) atoms. The minimum Gasteiger partial charge on any atom is -0.387 e. The zero-order chi connectivity index (χ0) is 15.2. The van der Waals surface area contributed by atoms with Gasteiger partial charge in [-0.1, -0.05) is 17.7 Å². The molecule has 0 radical (unpaired) electrons. The molecule has 1 aromatic rings. The van der Waals surface area contributed by atoms with Crippen LogP contribution < -0.4 is 0 Å². The third kappa shape index (κ3) is 2.70. The van der Waals surface area contributed by atoms with Crippen molar-refractivity contribution in [3.05, 3.63) is 29.8 Å². The van der Waals surface area contributed by atoms with Crippen LogP contribution in [0.25, 0.3) is 0 Å². The number of aliphatic hydroxyl groups is 2. The number of fused-ring (bicyclic) bond motifs is 2. The number of hydrogen-bond acceptors (Lipinski definition) is 7. The van der Waals surface area contributed by atoms with Gasteiger partial charge in [0, 0.05) is 0 Å². The molecule has 0 spiro atoms. The lowest BCUT2D eigenvalue weighted by Crippen LogP contribution is -2.44. The van der Waals surface area contributed by atoms with Crippen LogP contribution in [0.2, 0.25) is 0 Å². The summed E-state index contributed by atoms with van der Waals surface area (Å²) in [6, 6.07) is 6.21. The Kier molecular flexibility index (Phi) is 3.76.